The number of aromatic nitrogens is 1. The maximum absolute atomic E-state index is 12.2. The molecule has 1 aromatic carbocycles. The molecule has 1 aliphatic rings. The summed E-state index contributed by atoms with van der Waals surface area (Å²) in [6.07, 6.45) is 0. The molecule has 3 rings (SSSR count). The third-order valence-electron chi connectivity index (χ3n) is 3.68. The highest BCUT2D eigenvalue weighted by atomic mass is 16.6. The van der Waals surface area contributed by atoms with E-state index >= 15 is 0 Å². The lowest BCUT2D eigenvalue weighted by Crippen LogP contribution is -2.18. The molecule has 0 bridgehead atoms. The quantitative estimate of drug-likeness (QED) is 0.601. The normalized spacial score (nSPS) is 22.4. The van der Waals surface area contributed by atoms with E-state index in [-0.39, 0.29) is 29.2 Å². The molecule has 92 valence electrons. The molecule has 0 radical (unpaired) electrons. The van der Waals surface area contributed by atoms with Crippen LogP contribution in [0.5, 0.6) is 0 Å². The van der Waals surface area contributed by atoms with Gasteiger partial charge in [0.05, 0.1) is 17.4 Å². The van der Waals surface area contributed by atoms with Gasteiger partial charge in [0.1, 0.15) is 0 Å². The van der Waals surface area contributed by atoms with Gasteiger partial charge in [-0.1, -0.05) is 25.1 Å². The van der Waals surface area contributed by atoms with E-state index < -0.39 is 0 Å². The molecule has 0 aliphatic carbocycles. The van der Waals surface area contributed by atoms with E-state index in [0.717, 1.165) is 16.6 Å². The van der Waals surface area contributed by atoms with Gasteiger partial charge in [-0.05, 0) is 12.1 Å². The summed E-state index contributed by atoms with van der Waals surface area (Å²) in [5.41, 5.74) is 1.61. The fourth-order valence-electron chi connectivity index (χ4n) is 2.74. The number of rotatable bonds is 2. The van der Waals surface area contributed by atoms with Gasteiger partial charge in [-0.25, -0.2) is 0 Å². The minimum absolute atomic E-state index is 0.0435. The molecule has 0 N–H and O–H groups in total. The Morgan fingerprint density at radius 3 is 2.83 bits per heavy atom. The predicted molar refractivity (Wildman–Crippen MR) is 66.3 cm³/mol. The first kappa shape index (κ1) is 11.0. The van der Waals surface area contributed by atoms with Crippen LogP contribution in [-0.2, 0) is 0 Å². The van der Waals surface area contributed by atoms with Crippen LogP contribution in [0.1, 0.15) is 23.3 Å². The van der Waals surface area contributed by atoms with Crippen molar-refractivity contribution in [3.8, 4) is 0 Å². The lowest BCUT2D eigenvalue weighted by molar-refractivity contribution is -0.484. The number of carbonyl (C=O) groups is 1. The van der Waals surface area contributed by atoms with Crippen LogP contribution in [0.25, 0.3) is 10.9 Å². The summed E-state index contributed by atoms with van der Waals surface area (Å²) < 4.78 is 1.63. The van der Waals surface area contributed by atoms with Crippen molar-refractivity contribution in [3.05, 3.63) is 46.1 Å². The second-order valence-electron chi connectivity index (χ2n) is 4.71. The zero-order chi connectivity index (χ0) is 12.9. The van der Waals surface area contributed by atoms with E-state index in [0.29, 0.717) is 0 Å². The summed E-state index contributed by atoms with van der Waals surface area (Å²) >= 11 is 0. The summed E-state index contributed by atoms with van der Waals surface area (Å²) in [6.45, 7) is 1.57. The molecular weight excluding hydrogens is 232 g/mol. The molecule has 18 heavy (non-hydrogen) atoms. The second-order valence-corrected chi connectivity index (χ2v) is 4.71. The fourth-order valence-corrected chi connectivity index (χ4v) is 2.74. The van der Waals surface area contributed by atoms with Crippen LogP contribution in [0.3, 0.4) is 0 Å². The van der Waals surface area contributed by atoms with Crippen molar-refractivity contribution in [3.63, 3.8) is 0 Å². The standard InChI is InChI=1S/C13H12N2O3/c1-8-10(7-14(17)18)12-6-9-4-2-3-5-11(9)15(12)13(8)16/h2-6,8,10H,7H2,1H3/t8-,10-/m1/s1. The first-order chi connectivity index (χ1) is 8.59. The summed E-state index contributed by atoms with van der Waals surface area (Å²) in [5.74, 6) is -0.687. The van der Waals surface area contributed by atoms with Crippen LogP contribution < -0.4 is 0 Å². The van der Waals surface area contributed by atoms with E-state index in [1.54, 1.807) is 11.5 Å². The highest BCUT2D eigenvalue weighted by Crippen LogP contribution is 2.37. The molecule has 0 saturated heterocycles. The zero-order valence-electron chi connectivity index (χ0n) is 9.87. The maximum Gasteiger partial charge on any atom is 0.235 e. The molecule has 2 aromatic rings. The van der Waals surface area contributed by atoms with Crippen LogP contribution in [-0.4, -0.2) is 21.9 Å². The monoisotopic (exact) mass is 244 g/mol. The van der Waals surface area contributed by atoms with Crippen molar-refractivity contribution in [2.24, 2.45) is 5.92 Å². The van der Waals surface area contributed by atoms with Crippen molar-refractivity contribution in [2.75, 3.05) is 6.54 Å². The molecule has 2 heterocycles. The Balaban J connectivity index is 2.20. The number of carbonyl (C=O) groups excluding carboxylic acids is 1. The Morgan fingerprint density at radius 2 is 2.11 bits per heavy atom. The molecule has 5 heteroatoms. The highest BCUT2D eigenvalue weighted by molar-refractivity contribution is 5.97. The van der Waals surface area contributed by atoms with Gasteiger partial charge in [0.25, 0.3) is 0 Å². The Morgan fingerprint density at radius 1 is 1.39 bits per heavy atom. The Labute approximate surface area is 103 Å². The lowest BCUT2D eigenvalue weighted by atomic mass is 9.94. The Bertz CT molecular complexity index is 659. The van der Waals surface area contributed by atoms with Crippen LogP contribution in [0.15, 0.2) is 30.3 Å². The molecule has 1 aromatic heterocycles. The lowest BCUT2D eigenvalue weighted by Gasteiger charge is -2.07. The van der Waals surface area contributed by atoms with Gasteiger partial charge in [-0.2, -0.15) is 0 Å². The fraction of sp³-hybridized carbons (Fsp3) is 0.308. The van der Waals surface area contributed by atoms with Crippen LogP contribution in [0.2, 0.25) is 0 Å². The van der Waals surface area contributed by atoms with Gasteiger partial charge >= 0.3 is 0 Å². The molecule has 0 fully saturated rings. The highest BCUT2D eigenvalue weighted by Gasteiger charge is 2.40. The predicted octanol–water partition coefficient (Wildman–Crippen LogP) is 2.29. The third kappa shape index (κ3) is 1.37. The topological polar surface area (TPSA) is 65.1 Å². The number of hydrogen-bond acceptors (Lipinski definition) is 3. The van der Waals surface area contributed by atoms with Gasteiger partial charge < -0.3 is 0 Å². The van der Waals surface area contributed by atoms with Crippen molar-refractivity contribution < 1.29 is 9.72 Å². The summed E-state index contributed by atoms with van der Waals surface area (Å²) in [5, 5.41) is 11.7. The number of benzene rings is 1. The number of para-hydroxylation sites is 1. The van der Waals surface area contributed by atoms with Gasteiger partial charge in [-0.3, -0.25) is 19.5 Å². The minimum atomic E-state index is -0.345. The summed E-state index contributed by atoms with van der Waals surface area (Å²) in [4.78, 5) is 22.6. The molecule has 0 amide bonds. The van der Waals surface area contributed by atoms with Gasteiger partial charge in [0, 0.05) is 16.0 Å². The molecule has 0 unspecified atom stereocenters. The molecule has 2 atom stereocenters. The first-order valence-corrected chi connectivity index (χ1v) is 5.86. The van der Waals surface area contributed by atoms with Gasteiger partial charge in [-0.15, -0.1) is 0 Å². The van der Waals surface area contributed by atoms with Gasteiger partial charge in [0.2, 0.25) is 12.5 Å². The van der Waals surface area contributed by atoms with E-state index in [1.807, 2.05) is 30.3 Å². The van der Waals surface area contributed by atoms with Crippen LogP contribution in [0.4, 0.5) is 0 Å². The minimum Gasteiger partial charge on any atom is -0.283 e. The van der Waals surface area contributed by atoms with E-state index in [4.69, 9.17) is 0 Å². The Kier molecular flexibility index (Phi) is 2.23. The second kappa shape index (κ2) is 3.66. The van der Waals surface area contributed by atoms with Crippen LogP contribution in [0, 0.1) is 16.0 Å². The summed E-state index contributed by atoms with van der Waals surface area (Å²) in [6, 6.07) is 9.45. The molecule has 0 spiro atoms. The van der Waals surface area contributed by atoms with E-state index in [9.17, 15) is 14.9 Å². The van der Waals surface area contributed by atoms with Crippen LogP contribution >= 0.6 is 0 Å². The van der Waals surface area contributed by atoms with Crippen molar-refractivity contribution >= 4 is 16.8 Å². The largest absolute Gasteiger partial charge is 0.283 e. The Hall–Kier alpha value is -2.17. The maximum atomic E-state index is 12.2. The average molecular weight is 244 g/mol. The molecular formula is C13H12N2O3. The molecule has 1 aliphatic heterocycles. The average Bonchev–Trinajstić information content (AvgIpc) is 2.81. The third-order valence-corrected chi connectivity index (χ3v) is 3.68. The van der Waals surface area contributed by atoms with E-state index in [2.05, 4.69) is 0 Å². The molecule has 0 saturated carbocycles. The number of fused-ring (bicyclic) bond motifs is 3. The SMILES string of the molecule is C[C@H]1C(=O)n2c(cc3ccccc32)[C@@H]1C[N+](=O)[O-]. The van der Waals surface area contributed by atoms with Gasteiger partial charge in [0.15, 0.2) is 0 Å². The smallest absolute Gasteiger partial charge is 0.235 e. The number of nitrogens with zero attached hydrogens (tertiary/aromatic N) is 2. The van der Waals surface area contributed by atoms with Crippen molar-refractivity contribution in [2.45, 2.75) is 12.8 Å². The van der Waals surface area contributed by atoms with Crippen molar-refractivity contribution in [1.82, 2.24) is 4.57 Å². The molecule has 5 nitrogen and oxygen atoms in total. The van der Waals surface area contributed by atoms with Crippen molar-refractivity contribution in [1.29, 1.82) is 0 Å². The zero-order valence-corrected chi connectivity index (χ0v) is 9.87. The van der Waals surface area contributed by atoms with E-state index in [1.165, 1.54) is 0 Å². The first-order valence-electron chi connectivity index (χ1n) is 5.86. The number of nitro groups is 1. The summed E-state index contributed by atoms with van der Waals surface area (Å²) in [7, 11) is 0. The number of hydrogen-bond donors (Lipinski definition) is 0.